The first-order chi connectivity index (χ1) is 6.51. The van der Waals surface area contributed by atoms with E-state index in [1.807, 2.05) is 5.92 Å². The Labute approximate surface area is 152 Å². The van der Waals surface area contributed by atoms with Gasteiger partial charge in [-0.1, -0.05) is 46.5 Å². The molecule has 0 bridgehead atoms. The van der Waals surface area contributed by atoms with E-state index >= 15 is 0 Å². The van der Waals surface area contributed by atoms with Crippen LogP contribution in [0.4, 0.5) is 0 Å². The first kappa shape index (κ1) is 17.9. The molecule has 0 nitrogen and oxygen atoms in total. The second-order valence-electron chi connectivity index (χ2n) is 5.79. The average molecular weight is 368 g/mol. The summed E-state index contributed by atoms with van der Waals surface area (Å²) < 4.78 is 0. The maximum absolute atomic E-state index is 3.90. The van der Waals surface area contributed by atoms with E-state index < -0.39 is 0 Å². The summed E-state index contributed by atoms with van der Waals surface area (Å²) in [4.78, 5) is 0. The molecular weight excluding hydrogens is 346 g/mol. The maximum Gasteiger partial charge on any atom is 0 e. The third-order valence-corrected chi connectivity index (χ3v) is 5.01. The van der Waals surface area contributed by atoms with Crippen LogP contribution in [-0.4, -0.2) is 0 Å². The predicted octanol–water partition coefficient (Wildman–Crippen LogP) is 4.17. The van der Waals surface area contributed by atoms with Crippen LogP contribution >= 0.6 is 0 Å². The Balaban J connectivity index is 0.00000112. The molecule has 0 aromatic rings. The van der Waals surface area contributed by atoms with Gasteiger partial charge in [0.1, 0.15) is 0 Å². The normalized spacial score (nSPS) is 33.8. The van der Waals surface area contributed by atoms with Crippen molar-refractivity contribution >= 4 is 0 Å². The molecule has 0 amide bonds. The molecule has 0 aromatic heterocycles. The molecule has 0 N–H and O–H groups in total. The fraction of sp³-hybridized carbons (Fsp3) is 0.786. The molecule has 2 radical (unpaired) electrons. The zero-order valence-corrected chi connectivity index (χ0v) is 16.7. The van der Waals surface area contributed by atoms with Crippen LogP contribution in [0.15, 0.2) is 6.58 Å². The van der Waals surface area contributed by atoms with Gasteiger partial charge >= 0.3 is 0 Å². The van der Waals surface area contributed by atoms with Gasteiger partial charge in [-0.05, 0) is 0 Å². The van der Waals surface area contributed by atoms with E-state index in [2.05, 4.69) is 33.4 Å². The van der Waals surface area contributed by atoms with E-state index in [1.54, 1.807) is 0 Å². The third kappa shape index (κ3) is 2.76. The molecule has 2 aliphatic rings. The van der Waals surface area contributed by atoms with Gasteiger partial charge in [0, 0.05) is 65.4 Å². The Morgan fingerprint density at radius 3 is 2.50 bits per heavy atom. The number of fused-ring (bicyclic) bond motifs is 1. The van der Waals surface area contributed by atoms with E-state index in [1.165, 1.54) is 32.1 Å². The molecule has 0 aromatic carbocycles. The van der Waals surface area contributed by atoms with Crippen molar-refractivity contribution in [1.29, 1.82) is 0 Å². The Hall–Kier alpha value is 1.95. The van der Waals surface area contributed by atoms with Gasteiger partial charge in [-0.25, -0.2) is 0 Å². The van der Waals surface area contributed by atoms with Crippen LogP contribution in [-0.2, 0) is 65.4 Å². The van der Waals surface area contributed by atoms with E-state index in [4.69, 9.17) is 0 Å². The fourth-order valence-corrected chi connectivity index (χ4v) is 3.49. The predicted molar refractivity (Wildman–Crippen MR) is 60.6 cm³/mol. The minimum atomic E-state index is 0. The van der Waals surface area contributed by atoms with Crippen LogP contribution < -0.4 is 0 Å². The second-order valence-corrected chi connectivity index (χ2v) is 5.79. The largest absolute Gasteiger partial charge is 0.500 e. The van der Waals surface area contributed by atoms with Crippen LogP contribution in [0.1, 0.15) is 52.9 Å². The molecular formula is C14H22Y2-2. The summed E-state index contributed by atoms with van der Waals surface area (Å²) in [6.45, 7) is 10.9. The van der Waals surface area contributed by atoms with Crippen LogP contribution in [0.5, 0.6) is 0 Å². The molecule has 2 atom stereocenters. The summed E-state index contributed by atoms with van der Waals surface area (Å²) in [5, 5.41) is 0. The van der Waals surface area contributed by atoms with Crippen LogP contribution in [0.25, 0.3) is 0 Å². The van der Waals surface area contributed by atoms with Crippen LogP contribution in [0, 0.1) is 28.7 Å². The molecule has 2 rings (SSSR count). The van der Waals surface area contributed by atoms with Crippen molar-refractivity contribution in [2.75, 3.05) is 0 Å². The second kappa shape index (κ2) is 6.40. The molecule has 0 spiro atoms. The number of allylic oxidation sites excluding steroid dienone is 1. The van der Waals surface area contributed by atoms with E-state index in [0.717, 1.165) is 5.92 Å². The van der Waals surface area contributed by atoms with Gasteiger partial charge < -0.3 is 12.0 Å². The van der Waals surface area contributed by atoms with Gasteiger partial charge in [0.25, 0.3) is 0 Å². The zero-order chi connectivity index (χ0) is 10.4. The van der Waals surface area contributed by atoms with Crippen molar-refractivity contribution in [2.24, 2.45) is 16.7 Å². The van der Waals surface area contributed by atoms with Crippen LogP contribution in [0.3, 0.4) is 0 Å². The van der Waals surface area contributed by atoms with Gasteiger partial charge in [0.2, 0.25) is 0 Å². The van der Waals surface area contributed by atoms with Crippen molar-refractivity contribution < 1.29 is 65.4 Å². The Morgan fingerprint density at radius 2 is 1.94 bits per heavy atom. The number of hydrogen-bond donors (Lipinski definition) is 0. The molecule has 2 heteroatoms. The zero-order valence-electron chi connectivity index (χ0n) is 11.0. The average Bonchev–Trinajstić information content (AvgIpc) is 2.70. The summed E-state index contributed by atoms with van der Waals surface area (Å²) >= 11 is 0. The van der Waals surface area contributed by atoms with Gasteiger partial charge in [0.05, 0.1) is 0 Å². The topological polar surface area (TPSA) is 0 Å². The summed E-state index contributed by atoms with van der Waals surface area (Å²) in [6.07, 6.45) is 10.3. The quantitative estimate of drug-likeness (QED) is 0.642. The molecule has 16 heavy (non-hydrogen) atoms. The first-order valence-corrected chi connectivity index (χ1v) is 5.92. The van der Waals surface area contributed by atoms with Crippen molar-refractivity contribution in [1.82, 2.24) is 0 Å². The monoisotopic (exact) mass is 368 g/mol. The van der Waals surface area contributed by atoms with Gasteiger partial charge in [-0.2, -0.15) is 23.2 Å². The molecule has 2 unspecified atom stereocenters. The molecule has 0 saturated heterocycles. The Kier molecular flexibility index (Phi) is 7.18. The van der Waals surface area contributed by atoms with Crippen molar-refractivity contribution in [3.8, 4) is 0 Å². The molecule has 0 aliphatic heterocycles. The van der Waals surface area contributed by atoms with Gasteiger partial charge in [-0.3, -0.25) is 6.58 Å². The summed E-state index contributed by atoms with van der Waals surface area (Å²) in [7, 11) is 0. The van der Waals surface area contributed by atoms with Gasteiger partial charge in [0.15, 0.2) is 0 Å². The molecule has 86 valence electrons. The summed E-state index contributed by atoms with van der Waals surface area (Å²) in [6, 6.07) is 0. The Bertz CT molecular complexity index is 247. The van der Waals surface area contributed by atoms with Crippen LogP contribution in [0.2, 0.25) is 0 Å². The Morgan fingerprint density at radius 1 is 1.31 bits per heavy atom. The minimum Gasteiger partial charge on any atom is -0.500 e. The van der Waals surface area contributed by atoms with E-state index in [9.17, 15) is 0 Å². The summed E-state index contributed by atoms with van der Waals surface area (Å²) in [5.41, 5.74) is 0.539. The van der Waals surface area contributed by atoms with Crippen molar-refractivity contribution in [3.63, 3.8) is 0 Å². The minimum absolute atomic E-state index is 0. The SMILES string of the molecule is C=[C-]C(C)(C)C1(C)CCC2CCC[C-]21.[Y].[Y]. The molecule has 2 aliphatic carbocycles. The molecule has 0 heterocycles. The standard InChI is InChI=1S/C14H22.2Y/c1-5-13(2,3)14(4)10-9-11-7-6-8-12(11)14;;/h11H,1,6-10H2,2-4H3;;/q-2;;. The molecule has 2 fully saturated rings. The van der Waals surface area contributed by atoms with Crippen molar-refractivity contribution in [3.05, 3.63) is 18.6 Å². The van der Waals surface area contributed by atoms with E-state index in [-0.39, 0.29) is 70.8 Å². The maximum atomic E-state index is 3.90. The summed E-state index contributed by atoms with van der Waals surface area (Å²) in [5.74, 6) is 2.77. The number of hydrogen-bond acceptors (Lipinski definition) is 0. The van der Waals surface area contributed by atoms with Gasteiger partial charge in [-0.15, -0.1) is 0 Å². The van der Waals surface area contributed by atoms with E-state index in [0.29, 0.717) is 5.41 Å². The smallest absolute Gasteiger partial charge is 0 e. The third-order valence-electron chi connectivity index (χ3n) is 5.01. The molecule has 2 saturated carbocycles. The number of rotatable bonds is 2. The first-order valence-electron chi connectivity index (χ1n) is 5.92. The fourth-order valence-electron chi connectivity index (χ4n) is 3.49. The van der Waals surface area contributed by atoms with Crippen molar-refractivity contribution in [2.45, 2.75) is 52.9 Å².